The molecule has 74 valence electrons. The molecule has 0 aliphatic carbocycles. The van der Waals surface area contributed by atoms with E-state index in [0.29, 0.717) is 12.2 Å². The zero-order valence-electron chi connectivity index (χ0n) is 7.67. The van der Waals surface area contributed by atoms with Crippen LogP contribution in [0, 0.1) is 5.92 Å². The number of carbonyl (C=O) groups excluding carboxylic acids is 1. The molecule has 3 N–H and O–H groups in total. The van der Waals surface area contributed by atoms with Crippen LogP contribution in [0.4, 0.5) is 11.5 Å². The number of fused-ring (bicyclic) bond motifs is 1. The van der Waals surface area contributed by atoms with Crippen LogP contribution >= 0.6 is 15.9 Å². The summed E-state index contributed by atoms with van der Waals surface area (Å²) in [7, 11) is 0. The van der Waals surface area contributed by atoms with Crippen LogP contribution in [0.1, 0.15) is 12.5 Å². The number of carbonyl (C=O) groups is 1. The van der Waals surface area contributed by atoms with E-state index in [1.807, 2.05) is 6.92 Å². The monoisotopic (exact) mass is 255 g/mol. The summed E-state index contributed by atoms with van der Waals surface area (Å²) in [6.07, 6.45) is 0.703. The molecule has 4 nitrogen and oxygen atoms in total. The van der Waals surface area contributed by atoms with E-state index in [-0.39, 0.29) is 11.8 Å². The predicted octanol–water partition coefficient (Wildman–Crippen LogP) is 1.56. The highest BCUT2D eigenvalue weighted by molar-refractivity contribution is 9.10. The molecule has 1 aromatic heterocycles. The van der Waals surface area contributed by atoms with Gasteiger partial charge in [0.1, 0.15) is 10.4 Å². The fourth-order valence-corrected chi connectivity index (χ4v) is 2.10. The minimum absolute atomic E-state index is 0.00998. The number of hydrogen-bond donors (Lipinski definition) is 2. The third kappa shape index (κ3) is 1.48. The van der Waals surface area contributed by atoms with Gasteiger partial charge in [0.05, 0.1) is 5.69 Å². The van der Waals surface area contributed by atoms with Crippen LogP contribution in [-0.4, -0.2) is 10.9 Å². The molecule has 0 aromatic carbocycles. The maximum Gasteiger partial charge on any atom is 0.227 e. The Morgan fingerprint density at radius 2 is 2.43 bits per heavy atom. The van der Waals surface area contributed by atoms with Gasteiger partial charge in [-0.1, -0.05) is 6.92 Å². The van der Waals surface area contributed by atoms with Crippen molar-refractivity contribution in [3.05, 3.63) is 16.2 Å². The number of nitrogens with zero attached hydrogens (tertiary/aromatic N) is 1. The standard InChI is InChI=1S/C9H10BrN3O/c1-4-2-5-6(12-9(4)14)3-7(11)13-8(5)10/h3-4H,2H2,1H3,(H2,11,13)(H,12,14). The summed E-state index contributed by atoms with van der Waals surface area (Å²) in [5.74, 6) is 0.435. The second kappa shape index (κ2) is 3.24. The molecule has 0 saturated carbocycles. The van der Waals surface area contributed by atoms with Gasteiger partial charge in [0, 0.05) is 17.5 Å². The molecule has 14 heavy (non-hydrogen) atoms. The van der Waals surface area contributed by atoms with Gasteiger partial charge in [-0.2, -0.15) is 0 Å². The predicted molar refractivity (Wildman–Crippen MR) is 57.8 cm³/mol. The molecule has 5 heteroatoms. The number of nitrogen functional groups attached to an aromatic ring is 1. The van der Waals surface area contributed by atoms with Crippen LogP contribution in [0.25, 0.3) is 0 Å². The molecule has 0 spiro atoms. The molecule has 0 bridgehead atoms. The molecule has 1 aliphatic heterocycles. The van der Waals surface area contributed by atoms with E-state index >= 15 is 0 Å². The Kier molecular flexibility index (Phi) is 2.19. The molecule has 2 heterocycles. The Morgan fingerprint density at radius 3 is 3.14 bits per heavy atom. The lowest BCUT2D eigenvalue weighted by molar-refractivity contribution is -0.119. The number of nitrogens with two attached hydrogens (primary N) is 1. The minimum Gasteiger partial charge on any atom is -0.384 e. The van der Waals surface area contributed by atoms with Crippen LogP contribution in [0.2, 0.25) is 0 Å². The number of nitrogens with one attached hydrogen (secondary N) is 1. The van der Waals surface area contributed by atoms with Gasteiger partial charge in [0.15, 0.2) is 0 Å². The Balaban J connectivity index is 2.51. The van der Waals surface area contributed by atoms with Gasteiger partial charge in [0.2, 0.25) is 5.91 Å². The first-order chi connectivity index (χ1) is 6.58. The lowest BCUT2D eigenvalue weighted by Gasteiger charge is -2.22. The van der Waals surface area contributed by atoms with E-state index in [1.54, 1.807) is 6.07 Å². The molecule has 0 fully saturated rings. The summed E-state index contributed by atoms with van der Waals surface area (Å²) in [5.41, 5.74) is 7.36. The third-order valence-electron chi connectivity index (χ3n) is 2.31. The fourth-order valence-electron chi connectivity index (χ4n) is 1.52. The summed E-state index contributed by atoms with van der Waals surface area (Å²) in [6.45, 7) is 1.89. The molecule has 0 saturated heterocycles. The lowest BCUT2D eigenvalue weighted by atomic mass is 9.96. The van der Waals surface area contributed by atoms with Crippen molar-refractivity contribution < 1.29 is 4.79 Å². The number of amides is 1. The molecule has 1 aliphatic rings. The zero-order chi connectivity index (χ0) is 10.3. The first-order valence-corrected chi connectivity index (χ1v) is 5.13. The minimum atomic E-state index is -0.00998. The third-order valence-corrected chi connectivity index (χ3v) is 2.97. The Morgan fingerprint density at radius 1 is 1.71 bits per heavy atom. The fraction of sp³-hybridized carbons (Fsp3) is 0.333. The van der Waals surface area contributed by atoms with Crippen LogP contribution < -0.4 is 11.1 Å². The molecular formula is C9H10BrN3O. The van der Waals surface area contributed by atoms with E-state index in [2.05, 4.69) is 26.2 Å². The summed E-state index contributed by atoms with van der Waals surface area (Å²) in [6, 6.07) is 1.68. The quantitative estimate of drug-likeness (QED) is 0.692. The number of pyridine rings is 1. The van der Waals surface area contributed by atoms with Crippen LogP contribution in [-0.2, 0) is 11.2 Å². The highest BCUT2D eigenvalue weighted by Crippen LogP contribution is 2.31. The van der Waals surface area contributed by atoms with Gasteiger partial charge < -0.3 is 11.1 Å². The van der Waals surface area contributed by atoms with Crippen molar-refractivity contribution in [1.82, 2.24) is 4.98 Å². The summed E-state index contributed by atoms with van der Waals surface area (Å²) in [4.78, 5) is 15.5. The molecule has 2 rings (SSSR count). The number of hydrogen-bond acceptors (Lipinski definition) is 3. The Hall–Kier alpha value is -1.10. The van der Waals surface area contributed by atoms with Gasteiger partial charge in [-0.25, -0.2) is 4.98 Å². The zero-order valence-corrected chi connectivity index (χ0v) is 9.26. The highest BCUT2D eigenvalue weighted by atomic mass is 79.9. The first-order valence-electron chi connectivity index (χ1n) is 4.33. The molecular weight excluding hydrogens is 246 g/mol. The summed E-state index contributed by atoms with van der Waals surface area (Å²) in [5, 5.41) is 2.80. The van der Waals surface area contributed by atoms with Gasteiger partial charge in [0.25, 0.3) is 0 Å². The maximum absolute atomic E-state index is 11.4. The van der Waals surface area contributed by atoms with Crippen molar-refractivity contribution in [2.45, 2.75) is 13.3 Å². The Labute approximate surface area is 90.0 Å². The van der Waals surface area contributed by atoms with Crippen molar-refractivity contribution in [3.8, 4) is 0 Å². The van der Waals surface area contributed by atoms with Crippen molar-refractivity contribution >= 4 is 33.3 Å². The first kappa shape index (κ1) is 9.45. The topological polar surface area (TPSA) is 68.0 Å². The summed E-state index contributed by atoms with van der Waals surface area (Å²) < 4.78 is 0.722. The van der Waals surface area contributed by atoms with E-state index in [4.69, 9.17) is 5.73 Å². The van der Waals surface area contributed by atoms with Crippen LogP contribution in [0.15, 0.2) is 10.7 Å². The van der Waals surface area contributed by atoms with Crippen molar-refractivity contribution in [2.75, 3.05) is 11.1 Å². The van der Waals surface area contributed by atoms with Crippen molar-refractivity contribution in [3.63, 3.8) is 0 Å². The summed E-state index contributed by atoms with van der Waals surface area (Å²) >= 11 is 3.34. The average molecular weight is 256 g/mol. The van der Waals surface area contributed by atoms with E-state index < -0.39 is 0 Å². The normalized spacial score (nSPS) is 20.1. The second-order valence-electron chi connectivity index (χ2n) is 3.46. The molecule has 1 atom stereocenters. The second-order valence-corrected chi connectivity index (χ2v) is 4.21. The number of anilines is 2. The van der Waals surface area contributed by atoms with E-state index in [9.17, 15) is 4.79 Å². The van der Waals surface area contributed by atoms with Crippen LogP contribution in [0.3, 0.4) is 0 Å². The van der Waals surface area contributed by atoms with Crippen LogP contribution in [0.5, 0.6) is 0 Å². The lowest BCUT2D eigenvalue weighted by Crippen LogP contribution is -2.28. The van der Waals surface area contributed by atoms with Crippen molar-refractivity contribution in [2.24, 2.45) is 5.92 Å². The van der Waals surface area contributed by atoms with E-state index in [0.717, 1.165) is 15.9 Å². The molecule has 1 aromatic rings. The maximum atomic E-state index is 11.4. The van der Waals surface area contributed by atoms with Gasteiger partial charge >= 0.3 is 0 Å². The number of halogens is 1. The molecule has 0 radical (unpaired) electrons. The van der Waals surface area contributed by atoms with E-state index in [1.165, 1.54) is 0 Å². The number of aromatic nitrogens is 1. The van der Waals surface area contributed by atoms with Gasteiger partial charge in [-0.3, -0.25) is 4.79 Å². The number of rotatable bonds is 0. The van der Waals surface area contributed by atoms with Gasteiger partial charge in [-0.15, -0.1) is 0 Å². The van der Waals surface area contributed by atoms with Gasteiger partial charge in [-0.05, 0) is 22.4 Å². The smallest absolute Gasteiger partial charge is 0.227 e. The Bertz CT molecular complexity index is 405. The SMILES string of the molecule is CC1Cc2c(cc(N)nc2Br)NC1=O. The largest absolute Gasteiger partial charge is 0.384 e. The molecule has 1 amide bonds. The average Bonchev–Trinajstić information content (AvgIpc) is 2.08. The van der Waals surface area contributed by atoms with Crippen molar-refractivity contribution in [1.29, 1.82) is 0 Å². The molecule has 1 unspecified atom stereocenters. The highest BCUT2D eigenvalue weighted by Gasteiger charge is 2.24.